The summed E-state index contributed by atoms with van der Waals surface area (Å²) in [6, 6.07) is 19.7. The molecular weight excluding hydrogens is 564 g/mol. The van der Waals surface area contributed by atoms with E-state index in [4.69, 9.17) is 26.3 Å². The van der Waals surface area contributed by atoms with Gasteiger partial charge in [0.1, 0.15) is 24.5 Å². The molecule has 216 valence electrons. The Morgan fingerprint density at radius 3 is 2.67 bits per heavy atom. The van der Waals surface area contributed by atoms with Crippen LogP contribution in [0, 0.1) is 6.92 Å². The van der Waals surface area contributed by atoms with Crippen molar-refractivity contribution in [1.82, 2.24) is 33.6 Å². The Bertz CT molecular complexity index is 2220. The number of fused-ring (bicyclic) bond motifs is 3. The molecule has 0 fully saturated rings. The van der Waals surface area contributed by atoms with E-state index in [1.807, 2.05) is 90.3 Å². The highest BCUT2D eigenvalue weighted by atomic mass is 35.5. The monoisotopic (exact) mass is 592 g/mol. The number of nitrogens with zero attached hydrogens (tertiary/aromatic N) is 7. The Hall–Kier alpha value is -5.09. The van der Waals surface area contributed by atoms with Crippen LogP contribution in [0.15, 0.2) is 78.0 Å². The van der Waals surface area contributed by atoms with Crippen molar-refractivity contribution < 1.29 is 4.74 Å². The molecule has 0 aliphatic rings. The Morgan fingerprint density at radius 1 is 1.00 bits per heavy atom. The second-order valence-corrected chi connectivity index (χ2v) is 11.1. The molecule has 4 aromatic heterocycles. The first-order chi connectivity index (χ1) is 20.8. The zero-order valence-corrected chi connectivity index (χ0v) is 24.9. The van der Waals surface area contributed by atoms with Gasteiger partial charge < -0.3 is 14.6 Å². The molecule has 0 bridgehead atoms. The van der Waals surface area contributed by atoms with Gasteiger partial charge in [-0.25, -0.2) is 19.7 Å². The van der Waals surface area contributed by atoms with Crippen LogP contribution in [0.3, 0.4) is 0 Å². The lowest BCUT2D eigenvalue weighted by Crippen LogP contribution is -2.25. The standard InChI is InChI=1S/C32H29ClN8O2/c1-19-6-5-7-22(14-19)43-13-12-38(2)30-28-31(36-18-35-30)41(21-9-11-26-27(16-21)40(4)32(42)39(26)3)29(37-28)24-17-34-25-15-20(33)8-10-23(24)25/h5-11,14-18,34H,12-13H2,1-4H3. The topological polar surface area (TPSA) is 98.8 Å². The number of ether oxygens (including phenoxy) is 1. The van der Waals surface area contributed by atoms with E-state index < -0.39 is 0 Å². The third kappa shape index (κ3) is 4.51. The average molecular weight is 593 g/mol. The maximum absolute atomic E-state index is 12.7. The van der Waals surface area contributed by atoms with E-state index in [1.54, 1.807) is 29.6 Å². The van der Waals surface area contributed by atoms with E-state index in [0.717, 1.165) is 44.5 Å². The maximum Gasteiger partial charge on any atom is 0.328 e. The third-order valence-electron chi connectivity index (χ3n) is 7.87. The van der Waals surface area contributed by atoms with Crippen molar-refractivity contribution >= 4 is 50.5 Å². The van der Waals surface area contributed by atoms with Crippen LogP contribution < -0.4 is 15.3 Å². The SMILES string of the molecule is Cc1cccc(OCCN(C)c2ncnc3c2nc(-c2c[nH]c4cc(Cl)ccc24)n3-c2ccc3c(c2)n(C)c(=O)n3C)c1. The van der Waals surface area contributed by atoms with E-state index in [1.165, 1.54) is 0 Å². The Balaban J connectivity index is 1.37. The number of aromatic nitrogens is 7. The van der Waals surface area contributed by atoms with Crippen molar-refractivity contribution in [2.75, 3.05) is 25.1 Å². The summed E-state index contributed by atoms with van der Waals surface area (Å²) < 4.78 is 11.3. The van der Waals surface area contributed by atoms with Gasteiger partial charge in [-0.3, -0.25) is 13.7 Å². The molecule has 43 heavy (non-hydrogen) atoms. The largest absolute Gasteiger partial charge is 0.492 e. The fraction of sp³-hybridized carbons (Fsp3) is 0.188. The number of aromatic amines is 1. The molecule has 0 aliphatic heterocycles. The zero-order valence-electron chi connectivity index (χ0n) is 24.2. The maximum atomic E-state index is 12.7. The quantitative estimate of drug-likeness (QED) is 0.257. The Kier molecular flexibility index (Phi) is 6.43. The molecule has 0 unspecified atom stereocenters. The summed E-state index contributed by atoms with van der Waals surface area (Å²) in [5.74, 6) is 2.21. The van der Waals surface area contributed by atoms with Gasteiger partial charge in [-0.1, -0.05) is 29.8 Å². The number of imidazole rings is 2. The van der Waals surface area contributed by atoms with Gasteiger partial charge in [-0.05, 0) is 55.0 Å². The van der Waals surface area contributed by atoms with Crippen LogP contribution in [0.5, 0.6) is 5.75 Å². The predicted molar refractivity (Wildman–Crippen MR) is 171 cm³/mol. The van der Waals surface area contributed by atoms with Crippen molar-refractivity contribution in [3.63, 3.8) is 0 Å². The number of benzene rings is 3. The first kappa shape index (κ1) is 26.8. The smallest absolute Gasteiger partial charge is 0.328 e. The number of H-pyrrole nitrogens is 1. The van der Waals surface area contributed by atoms with E-state index >= 15 is 0 Å². The van der Waals surface area contributed by atoms with Crippen LogP contribution in [-0.2, 0) is 14.1 Å². The lowest BCUT2D eigenvalue weighted by atomic mass is 10.1. The molecule has 0 amide bonds. The number of rotatable bonds is 7. The van der Waals surface area contributed by atoms with E-state index in [-0.39, 0.29) is 5.69 Å². The molecule has 0 atom stereocenters. The summed E-state index contributed by atoms with van der Waals surface area (Å²) in [5.41, 5.74) is 6.63. The van der Waals surface area contributed by atoms with Crippen molar-refractivity contribution in [1.29, 1.82) is 0 Å². The molecule has 0 radical (unpaired) electrons. The highest BCUT2D eigenvalue weighted by molar-refractivity contribution is 6.31. The second-order valence-electron chi connectivity index (χ2n) is 10.7. The third-order valence-corrected chi connectivity index (χ3v) is 8.11. The fourth-order valence-electron chi connectivity index (χ4n) is 5.61. The summed E-state index contributed by atoms with van der Waals surface area (Å²) in [6.45, 7) is 3.11. The van der Waals surface area contributed by atoms with E-state index in [9.17, 15) is 4.79 Å². The van der Waals surface area contributed by atoms with Crippen molar-refractivity contribution in [3.8, 4) is 22.8 Å². The van der Waals surface area contributed by atoms with Crippen LogP contribution in [0.1, 0.15) is 5.56 Å². The van der Waals surface area contributed by atoms with Gasteiger partial charge in [0.15, 0.2) is 17.0 Å². The van der Waals surface area contributed by atoms with Gasteiger partial charge in [0.05, 0.1) is 23.3 Å². The second kappa shape index (κ2) is 10.3. The molecule has 0 saturated carbocycles. The minimum absolute atomic E-state index is 0.0875. The highest BCUT2D eigenvalue weighted by Gasteiger charge is 2.23. The first-order valence-corrected chi connectivity index (χ1v) is 14.2. The molecular formula is C32H29ClN8O2. The van der Waals surface area contributed by atoms with Gasteiger partial charge >= 0.3 is 5.69 Å². The van der Waals surface area contributed by atoms with Gasteiger partial charge in [0.2, 0.25) is 0 Å². The molecule has 0 saturated heterocycles. The van der Waals surface area contributed by atoms with E-state index in [0.29, 0.717) is 41.0 Å². The van der Waals surface area contributed by atoms with Gasteiger partial charge in [-0.15, -0.1) is 0 Å². The number of nitrogens with one attached hydrogen (secondary N) is 1. The van der Waals surface area contributed by atoms with Gasteiger partial charge in [0.25, 0.3) is 0 Å². The van der Waals surface area contributed by atoms with Gasteiger partial charge in [0, 0.05) is 48.8 Å². The molecule has 3 aromatic carbocycles. The summed E-state index contributed by atoms with van der Waals surface area (Å²) in [7, 11) is 5.52. The summed E-state index contributed by atoms with van der Waals surface area (Å²) in [5, 5.41) is 1.62. The predicted octanol–water partition coefficient (Wildman–Crippen LogP) is 5.63. The lowest BCUT2D eigenvalue weighted by Gasteiger charge is -2.18. The number of halogens is 1. The Morgan fingerprint density at radius 2 is 1.84 bits per heavy atom. The summed E-state index contributed by atoms with van der Waals surface area (Å²) in [4.78, 5) is 32.6. The highest BCUT2D eigenvalue weighted by Crippen LogP contribution is 2.36. The van der Waals surface area contributed by atoms with Crippen molar-refractivity contribution in [2.45, 2.75) is 6.92 Å². The Labute approximate surface area is 251 Å². The molecule has 1 N–H and O–H groups in total. The molecule has 10 nitrogen and oxygen atoms in total. The average Bonchev–Trinajstić information content (AvgIpc) is 3.66. The summed E-state index contributed by atoms with van der Waals surface area (Å²) >= 11 is 6.29. The zero-order chi connectivity index (χ0) is 29.8. The normalized spacial score (nSPS) is 11.7. The number of likely N-dealkylation sites (N-methyl/N-ethyl adjacent to an activating group) is 1. The number of hydrogen-bond donors (Lipinski definition) is 1. The van der Waals surface area contributed by atoms with Crippen molar-refractivity contribution in [2.24, 2.45) is 14.1 Å². The van der Waals surface area contributed by atoms with Crippen LogP contribution in [0.2, 0.25) is 5.02 Å². The minimum Gasteiger partial charge on any atom is -0.492 e. The molecule has 4 heterocycles. The van der Waals surface area contributed by atoms with Crippen LogP contribution in [-0.4, -0.2) is 53.8 Å². The molecule has 11 heteroatoms. The summed E-state index contributed by atoms with van der Waals surface area (Å²) in [6.07, 6.45) is 3.49. The van der Waals surface area contributed by atoms with Crippen LogP contribution >= 0.6 is 11.6 Å². The lowest BCUT2D eigenvalue weighted by molar-refractivity contribution is 0.325. The number of anilines is 1. The molecule has 7 rings (SSSR count). The molecule has 0 aliphatic carbocycles. The van der Waals surface area contributed by atoms with E-state index in [2.05, 4.69) is 9.97 Å². The van der Waals surface area contributed by atoms with Gasteiger partial charge in [-0.2, -0.15) is 0 Å². The number of hydrogen-bond acceptors (Lipinski definition) is 6. The number of aryl methyl sites for hydroxylation is 3. The molecule has 0 spiro atoms. The molecule has 7 aromatic rings. The van der Waals surface area contributed by atoms with Crippen LogP contribution in [0.25, 0.3) is 50.2 Å². The fourth-order valence-corrected chi connectivity index (χ4v) is 5.79. The minimum atomic E-state index is -0.0875. The van der Waals surface area contributed by atoms with Crippen molar-refractivity contribution in [3.05, 3.63) is 94.3 Å². The van der Waals surface area contributed by atoms with Crippen LogP contribution in [0.4, 0.5) is 5.82 Å². The first-order valence-electron chi connectivity index (χ1n) is 13.9.